The third-order valence-electron chi connectivity index (χ3n) is 6.21. The lowest BCUT2D eigenvalue weighted by molar-refractivity contribution is 0.0694. The number of pyridine rings is 1. The Morgan fingerprint density at radius 3 is 2.27 bits per heavy atom. The molecule has 2 N–H and O–H groups in total. The maximum Gasteiger partial charge on any atom is 0.341 e. The molecule has 1 aliphatic rings. The number of halogens is 1. The highest BCUT2D eigenvalue weighted by molar-refractivity contribution is 5.93. The van der Waals surface area contributed by atoms with Gasteiger partial charge < -0.3 is 19.7 Å². The molecular formula is C25H28FN3O4. The van der Waals surface area contributed by atoms with Crippen LogP contribution in [0.4, 0.5) is 10.1 Å². The quantitative estimate of drug-likeness (QED) is 0.596. The minimum atomic E-state index is -1.32. The van der Waals surface area contributed by atoms with Gasteiger partial charge in [0.25, 0.3) is 0 Å². The average molecular weight is 454 g/mol. The third-order valence-corrected chi connectivity index (χ3v) is 6.21. The van der Waals surface area contributed by atoms with Crippen LogP contribution in [0.5, 0.6) is 0 Å². The van der Waals surface area contributed by atoms with E-state index in [0.29, 0.717) is 24.3 Å². The molecule has 174 valence electrons. The Balaban J connectivity index is 1.58. The van der Waals surface area contributed by atoms with E-state index in [1.54, 1.807) is 10.6 Å². The predicted octanol–water partition coefficient (Wildman–Crippen LogP) is 3.23. The number of fused-ring (bicyclic) bond motifs is 1. The number of anilines is 1. The number of rotatable bonds is 6. The molecule has 1 aromatic heterocycles. The smallest absolute Gasteiger partial charge is 0.341 e. The molecule has 0 atom stereocenters. The molecule has 1 fully saturated rings. The van der Waals surface area contributed by atoms with Gasteiger partial charge in [-0.2, -0.15) is 0 Å². The summed E-state index contributed by atoms with van der Waals surface area (Å²) in [5.74, 6) is -1.84. The molecule has 2 aromatic carbocycles. The molecule has 0 amide bonds. The second-order valence-corrected chi connectivity index (χ2v) is 8.74. The number of benzene rings is 2. The lowest BCUT2D eigenvalue weighted by Crippen LogP contribution is -2.46. The van der Waals surface area contributed by atoms with Crippen molar-refractivity contribution in [3.8, 4) is 0 Å². The summed E-state index contributed by atoms with van der Waals surface area (Å²) in [6.07, 6.45) is 1.35. The molecule has 0 radical (unpaired) electrons. The van der Waals surface area contributed by atoms with Crippen molar-refractivity contribution in [3.05, 3.63) is 75.3 Å². The zero-order valence-corrected chi connectivity index (χ0v) is 18.8. The fraction of sp³-hybridized carbons (Fsp3) is 0.360. The first-order chi connectivity index (χ1) is 15.8. The molecule has 33 heavy (non-hydrogen) atoms. The second-order valence-electron chi connectivity index (χ2n) is 8.74. The lowest BCUT2D eigenvalue weighted by Gasteiger charge is -2.36. The summed E-state index contributed by atoms with van der Waals surface area (Å²) < 4.78 is 16.8. The highest BCUT2D eigenvalue weighted by Gasteiger charge is 2.23. The number of piperazine rings is 1. The normalized spacial score (nSPS) is 14.9. The van der Waals surface area contributed by atoms with Gasteiger partial charge in [0.1, 0.15) is 11.4 Å². The molecule has 0 saturated carbocycles. The van der Waals surface area contributed by atoms with Gasteiger partial charge in [-0.3, -0.25) is 9.69 Å². The molecule has 3 aromatic rings. The average Bonchev–Trinajstić information content (AvgIpc) is 2.80. The molecule has 0 unspecified atom stereocenters. The Morgan fingerprint density at radius 2 is 1.70 bits per heavy atom. The Bertz CT molecular complexity index is 1230. The summed E-state index contributed by atoms with van der Waals surface area (Å²) in [5.41, 5.74) is 1.97. The lowest BCUT2D eigenvalue weighted by atomic mass is 10.1. The molecular weight excluding hydrogens is 425 g/mol. The molecule has 4 rings (SSSR count). The standard InChI is InChI=1S/C25H28FN3O4/c1-16(2)29-14-20(25(32)33)24(31)19-11-21(26)23(12-22(19)29)28-9-7-27(8-10-28)13-17-3-5-18(15-30)6-4-17/h3-6,11-12,14,16,30H,7-10,13,15H2,1-2H3,(H,32,33). The number of aliphatic hydroxyl groups is 1. The topological polar surface area (TPSA) is 86.0 Å². The first-order valence-electron chi connectivity index (χ1n) is 11.1. The van der Waals surface area contributed by atoms with E-state index < -0.39 is 17.2 Å². The first kappa shape index (κ1) is 22.9. The largest absolute Gasteiger partial charge is 0.477 e. The van der Waals surface area contributed by atoms with Gasteiger partial charge in [-0.1, -0.05) is 24.3 Å². The molecule has 0 bridgehead atoms. The maximum atomic E-state index is 15.1. The van der Waals surface area contributed by atoms with Crippen molar-refractivity contribution in [2.75, 3.05) is 31.1 Å². The number of hydrogen-bond acceptors (Lipinski definition) is 5. The molecule has 2 heterocycles. The number of nitrogens with zero attached hydrogens (tertiary/aromatic N) is 3. The number of aliphatic hydroxyl groups excluding tert-OH is 1. The van der Waals surface area contributed by atoms with Crippen LogP contribution in [0.15, 0.2) is 47.4 Å². The van der Waals surface area contributed by atoms with Crippen molar-refractivity contribution in [2.45, 2.75) is 33.0 Å². The van der Waals surface area contributed by atoms with E-state index in [0.717, 1.165) is 30.8 Å². The van der Waals surface area contributed by atoms with Crippen molar-refractivity contribution >= 4 is 22.6 Å². The van der Waals surface area contributed by atoms with Gasteiger partial charge in [-0.25, -0.2) is 9.18 Å². The first-order valence-corrected chi connectivity index (χ1v) is 11.1. The van der Waals surface area contributed by atoms with Crippen LogP contribution >= 0.6 is 0 Å². The summed E-state index contributed by atoms with van der Waals surface area (Å²) in [7, 11) is 0. The SMILES string of the molecule is CC(C)n1cc(C(=O)O)c(=O)c2cc(F)c(N3CCN(Cc4ccc(CO)cc4)CC3)cc21. The summed E-state index contributed by atoms with van der Waals surface area (Å²) in [4.78, 5) is 28.4. The number of aromatic carboxylic acids is 1. The Labute approximate surface area is 191 Å². The van der Waals surface area contributed by atoms with Gasteiger partial charge in [0.2, 0.25) is 5.43 Å². The van der Waals surface area contributed by atoms with Crippen molar-refractivity contribution in [1.29, 1.82) is 0 Å². The van der Waals surface area contributed by atoms with Crippen molar-refractivity contribution in [1.82, 2.24) is 9.47 Å². The molecule has 1 saturated heterocycles. The number of carboxylic acids is 1. The fourth-order valence-electron chi connectivity index (χ4n) is 4.34. The minimum Gasteiger partial charge on any atom is -0.477 e. The van der Waals surface area contributed by atoms with Crippen LogP contribution in [0.3, 0.4) is 0 Å². The predicted molar refractivity (Wildman–Crippen MR) is 125 cm³/mol. The zero-order valence-electron chi connectivity index (χ0n) is 18.8. The van der Waals surface area contributed by atoms with Crippen molar-refractivity contribution in [3.63, 3.8) is 0 Å². The summed E-state index contributed by atoms with van der Waals surface area (Å²) >= 11 is 0. The van der Waals surface area contributed by atoms with Gasteiger partial charge in [0, 0.05) is 50.3 Å². The maximum absolute atomic E-state index is 15.1. The molecule has 0 spiro atoms. The molecule has 1 aliphatic heterocycles. The Kier molecular flexibility index (Phi) is 6.49. The second kappa shape index (κ2) is 9.33. The van der Waals surface area contributed by atoms with E-state index in [-0.39, 0.29) is 23.6 Å². The van der Waals surface area contributed by atoms with E-state index in [4.69, 9.17) is 0 Å². The Morgan fingerprint density at radius 1 is 1.06 bits per heavy atom. The highest BCUT2D eigenvalue weighted by Crippen LogP contribution is 2.28. The van der Waals surface area contributed by atoms with Crippen LogP contribution < -0.4 is 10.3 Å². The molecule has 0 aliphatic carbocycles. The zero-order chi connectivity index (χ0) is 23.7. The van der Waals surface area contributed by atoms with Gasteiger partial charge >= 0.3 is 5.97 Å². The number of aromatic nitrogens is 1. The van der Waals surface area contributed by atoms with E-state index in [9.17, 15) is 19.8 Å². The van der Waals surface area contributed by atoms with Crippen LogP contribution in [-0.4, -0.2) is 51.8 Å². The minimum absolute atomic E-state index is 0.0263. The summed E-state index contributed by atoms with van der Waals surface area (Å²) in [5, 5.41) is 18.6. The van der Waals surface area contributed by atoms with E-state index in [1.165, 1.54) is 12.3 Å². The van der Waals surface area contributed by atoms with Gasteiger partial charge in [0.15, 0.2) is 0 Å². The summed E-state index contributed by atoms with van der Waals surface area (Å²) in [6, 6.07) is 10.6. The van der Waals surface area contributed by atoms with Crippen LogP contribution in [0.1, 0.15) is 41.4 Å². The van der Waals surface area contributed by atoms with Crippen molar-refractivity contribution < 1.29 is 19.4 Å². The van der Waals surface area contributed by atoms with Crippen LogP contribution in [0.2, 0.25) is 0 Å². The monoisotopic (exact) mass is 453 g/mol. The van der Waals surface area contributed by atoms with Crippen LogP contribution in [-0.2, 0) is 13.2 Å². The number of hydrogen-bond donors (Lipinski definition) is 2. The molecule has 7 nitrogen and oxygen atoms in total. The van der Waals surface area contributed by atoms with E-state index >= 15 is 4.39 Å². The van der Waals surface area contributed by atoms with Crippen LogP contribution in [0, 0.1) is 5.82 Å². The third kappa shape index (κ3) is 4.62. The molecule has 8 heteroatoms. The summed E-state index contributed by atoms with van der Waals surface area (Å²) in [6.45, 7) is 7.38. The van der Waals surface area contributed by atoms with E-state index in [1.807, 2.05) is 43.0 Å². The fourth-order valence-corrected chi connectivity index (χ4v) is 4.34. The Hall–Kier alpha value is -3.23. The van der Waals surface area contributed by atoms with Gasteiger partial charge in [-0.15, -0.1) is 0 Å². The van der Waals surface area contributed by atoms with Crippen molar-refractivity contribution in [2.24, 2.45) is 0 Å². The highest BCUT2D eigenvalue weighted by atomic mass is 19.1. The number of carboxylic acid groups (broad SMARTS) is 1. The van der Waals surface area contributed by atoms with E-state index in [2.05, 4.69) is 4.90 Å². The van der Waals surface area contributed by atoms with Crippen LogP contribution in [0.25, 0.3) is 10.9 Å². The van der Waals surface area contributed by atoms with Gasteiger partial charge in [0.05, 0.1) is 17.8 Å². The van der Waals surface area contributed by atoms with Gasteiger partial charge in [-0.05, 0) is 37.1 Å². The number of carbonyl (C=O) groups is 1.